The molecule has 0 spiro atoms. The normalized spacial score (nSPS) is 10.4. The van der Waals surface area contributed by atoms with Gasteiger partial charge in [0.15, 0.2) is 5.82 Å². The lowest BCUT2D eigenvalue weighted by atomic mass is 10.2. The van der Waals surface area contributed by atoms with E-state index in [1.54, 1.807) is 0 Å². The Balaban J connectivity index is 2.22. The van der Waals surface area contributed by atoms with Crippen LogP contribution in [0.1, 0.15) is 0 Å². The monoisotopic (exact) mass is 293 g/mol. The second kappa shape index (κ2) is 5.61. The lowest BCUT2D eigenvalue weighted by Gasteiger charge is -2.10. The number of halogens is 1. The van der Waals surface area contributed by atoms with Crippen molar-refractivity contribution in [2.45, 2.75) is 6.54 Å². The molecule has 110 valence electrons. The van der Waals surface area contributed by atoms with E-state index < -0.39 is 35.3 Å². The quantitative estimate of drug-likeness (QED) is 0.781. The number of benzene rings is 1. The first-order valence-corrected chi connectivity index (χ1v) is 5.94. The highest BCUT2D eigenvalue weighted by molar-refractivity contribution is 5.92. The number of nitrogens with zero attached hydrogens (tertiary/aromatic N) is 2. The van der Waals surface area contributed by atoms with Crippen molar-refractivity contribution in [3.05, 3.63) is 57.1 Å². The van der Waals surface area contributed by atoms with Crippen molar-refractivity contribution in [2.75, 3.05) is 5.32 Å². The molecule has 0 atom stereocenters. The molecule has 0 aliphatic heterocycles. The third-order valence-electron chi connectivity index (χ3n) is 2.83. The number of hydrogen-bond donors (Lipinski definition) is 2. The van der Waals surface area contributed by atoms with Crippen molar-refractivity contribution >= 4 is 11.6 Å². The van der Waals surface area contributed by atoms with E-state index in [0.29, 0.717) is 0 Å². The molecule has 1 aromatic heterocycles. The van der Waals surface area contributed by atoms with E-state index in [1.165, 1.54) is 25.4 Å². The van der Waals surface area contributed by atoms with Gasteiger partial charge in [0, 0.05) is 19.3 Å². The van der Waals surface area contributed by atoms with Crippen molar-refractivity contribution in [3.8, 4) is 5.75 Å². The van der Waals surface area contributed by atoms with E-state index in [-0.39, 0.29) is 5.69 Å². The minimum Gasteiger partial charge on any atom is -0.506 e. The summed E-state index contributed by atoms with van der Waals surface area (Å²) in [5.41, 5.74) is -1.53. The van der Waals surface area contributed by atoms with Crippen LogP contribution in [0.3, 0.4) is 0 Å². The maximum Gasteiger partial charge on any atom is 0.331 e. The minimum atomic E-state index is -0.795. The Bertz CT molecular complexity index is 790. The average molecular weight is 293 g/mol. The molecule has 0 aliphatic rings. The molecule has 1 amide bonds. The molecule has 0 bridgehead atoms. The fourth-order valence-electron chi connectivity index (χ4n) is 1.71. The molecular weight excluding hydrogens is 281 g/mol. The Kier molecular flexibility index (Phi) is 3.88. The summed E-state index contributed by atoms with van der Waals surface area (Å²) in [5.74, 6) is -1.93. The third kappa shape index (κ3) is 2.99. The van der Waals surface area contributed by atoms with Crippen LogP contribution in [-0.4, -0.2) is 20.1 Å². The first kappa shape index (κ1) is 14.5. The van der Waals surface area contributed by atoms with Gasteiger partial charge in [-0.25, -0.2) is 9.18 Å². The van der Waals surface area contributed by atoms with Gasteiger partial charge in [0.05, 0.1) is 0 Å². The molecule has 0 saturated heterocycles. The lowest BCUT2D eigenvalue weighted by molar-refractivity contribution is -0.116. The average Bonchev–Trinajstić information content (AvgIpc) is 2.44. The highest BCUT2D eigenvalue weighted by atomic mass is 19.1. The number of para-hydroxylation sites is 1. The molecule has 0 radical (unpaired) electrons. The Labute approximate surface area is 117 Å². The first-order valence-electron chi connectivity index (χ1n) is 5.94. The summed E-state index contributed by atoms with van der Waals surface area (Å²) in [6.45, 7) is -0.416. The number of aromatic nitrogens is 2. The summed E-state index contributed by atoms with van der Waals surface area (Å²) < 4.78 is 15.3. The predicted molar refractivity (Wildman–Crippen MR) is 72.6 cm³/mol. The number of phenolic OH excluding ortho intramolecular Hbond substituents is 1. The third-order valence-corrected chi connectivity index (χ3v) is 2.83. The number of nitrogens with one attached hydrogen (secondary N) is 1. The summed E-state index contributed by atoms with van der Waals surface area (Å²) >= 11 is 0. The van der Waals surface area contributed by atoms with Crippen LogP contribution in [-0.2, 0) is 18.4 Å². The van der Waals surface area contributed by atoms with Gasteiger partial charge < -0.3 is 10.4 Å². The second-order valence-corrected chi connectivity index (χ2v) is 4.31. The van der Waals surface area contributed by atoms with Gasteiger partial charge in [-0.3, -0.25) is 18.7 Å². The summed E-state index contributed by atoms with van der Waals surface area (Å²) in [6, 6.07) is 4.72. The van der Waals surface area contributed by atoms with E-state index in [2.05, 4.69) is 5.32 Å². The maximum atomic E-state index is 13.5. The summed E-state index contributed by atoms with van der Waals surface area (Å²) in [5, 5.41) is 11.6. The Morgan fingerprint density at radius 3 is 2.71 bits per heavy atom. The lowest BCUT2D eigenvalue weighted by Crippen LogP contribution is -2.39. The molecule has 2 aromatic rings. The molecule has 0 saturated carbocycles. The molecule has 1 heterocycles. The number of aromatic hydroxyl groups is 1. The number of hydrogen-bond acceptors (Lipinski definition) is 4. The van der Waals surface area contributed by atoms with Crippen LogP contribution >= 0.6 is 0 Å². The molecule has 21 heavy (non-hydrogen) atoms. The molecule has 1 aromatic carbocycles. The zero-order valence-electron chi connectivity index (χ0n) is 11.0. The van der Waals surface area contributed by atoms with Crippen LogP contribution < -0.4 is 16.6 Å². The van der Waals surface area contributed by atoms with E-state index in [9.17, 15) is 23.9 Å². The van der Waals surface area contributed by atoms with Crippen molar-refractivity contribution in [1.82, 2.24) is 9.13 Å². The molecule has 0 aliphatic carbocycles. The molecule has 7 nitrogen and oxygen atoms in total. The maximum absolute atomic E-state index is 13.5. The van der Waals surface area contributed by atoms with E-state index in [1.807, 2.05) is 0 Å². The first-order chi connectivity index (χ1) is 9.90. The summed E-state index contributed by atoms with van der Waals surface area (Å²) in [4.78, 5) is 34.8. The number of carbonyl (C=O) groups excluding carboxylic acids is 1. The van der Waals surface area contributed by atoms with Crippen molar-refractivity contribution < 1.29 is 14.3 Å². The van der Waals surface area contributed by atoms with Gasteiger partial charge in [-0.2, -0.15) is 0 Å². The molecule has 2 N–H and O–H groups in total. The SMILES string of the molecule is Cn1c(=O)ccn(CC(=O)Nc2c(O)cccc2F)c1=O. The topological polar surface area (TPSA) is 93.3 Å². The number of rotatable bonds is 3. The van der Waals surface area contributed by atoms with E-state index in [4.69, 9.17) is 0 Å². The largest absolute Gasteiger partial charge is 0.506 e. The second-order valence-electron chi connectivity index (χ2n) is 4.31. The zero-order valence-corrected chi connectivity index (χ0v) is 11.0. The van der Waals surface area contributed by atoms with E-state index >= 15 is 0 Å². The number of carbonyl (C=O) groups is 1. The molecule has 2 rings (SSSR count). The van der Waals surface area contributed by atoms with Crippen LogP contribution in [0.5, 0.6) is 5.75 Å². The van der Waals surface area contributed by atoms with Crippen LogP contribution in [0.25, 0.3) is 0 Å². The Morgan fingerprint density at radius 1 is 1.33 bits per heavy atom. The van der Waals surface area contributed by atoms with Gasteiger partial charge in [-0.05, 0) is 12.1 Å². The van der Waals surface area contributed by atoms with Gasteiger partial charge in [0.2, 0.25) is 5.91 Å². The van der Waals surface area contributed by atoms with Crippen LogP contribution in [0.4, 0.5) is 10.1 Å². The summed E-state index contributed by atoms with van der Waals surface area (Å²) in [7, 11) is 1.28. The zero-order chi connectivity index (χ0) is 15.6. The van der Waals surface area contributed by atoms with E-state index in [0.717, 1.165) is 21.3 Å². The fraction of sp³-hybridized carbons (Fsp3) is 0.154. The van der Waals surface area contributed by atoms with Crippen molar-refractivity contribution in [3.63, 3.8) is 0 Å². The smallest absolute Gasteiger partial charge is 0.331 e. The molecule has 0 unspecified atom stereocenters. The van der Waals surface area contributed by atoms with Crippen LogP contribution in [0.2, 0.25) is 0 Å². The van der Waals surface area contributed by atoms with Gasteiger partial charge in [0.1, 0.15) is 18.0 Å². The van der Waals surface area contributed by atoms with Gasteiger partial charge >= 0.3 is 5.69 Å². The van der Waals surface area contributed by atoms with Crippen LogP contribution in [0.15, 0.2) is 40.1 Å². The molecule has 8 heteroatoms. The van der Waals surface area contributed by atoms with Crippen LogP contribution in [0, 0.1) is 5.82 Å². The number of phenols is 1. The Morgan fingerprint density at radius 2 is 2.05 bits per heavy atom. The van der Waals surface area contributed by atoms with Crippen molar-refractivity contribution in [1.29, 1.82) is 0 Å². The highest BCUT2D eigenvalue weighted by Crippen LogP contribution is 2.25. The van der Waals surface area contributed by atoms with Gasteiger partial charge in [-0.1, -0.05) is 6.07 Å². The minimum absolute atomic E-state index is 0.361. The molecular formula is C13H12FN3O4. The van der Waals surface area contributed by atoms with Gasteiger partial charge in [-0.15, -0.1) is 0 Å². The Hall–Kier alpha value is -2.90. The predicted octanol–water partition coefficient (Wildman–Crippen LogP) is 0.0304. The number of amides is 1. The van der Waals surface area contributed by atoms with Crippen molar-refractivity contribution in [2.24, 2.45) is 7.05 Å². The standard InChI is InChI=1S/C13H12FN3O4/c1-16-11(20)5-6-17(13(16)21)7-10(19)15-12-8(14)3-2-4-9(12)18/h2-6,18H,7H2,1H3,(H,15,19). The highest BCUT2D eigenvalue weighted by Gasteiger charge is 2.12. The fourth-order valence-corrected chi connectivity index (χ4v) is 1.71. The van der Waals surface area contributed by atoms with Gasteiger partial charge in [0.25, 0.3) is 5.56 Å². The number of anilines is 1. The summed E-state index contributed by atoms with van der Waals surface area (Å²) in [6.07, 6.45) is 1.17. The molecule has 0 fully saturated rings.